The van der Waals surface area contributed by atoms with Crippen LogP contribution in [0.1, 0.15) is 21.5 Å². The Balaban J connectivity index is 1.68. The summed E-state index contributed by atoms with van der Waals surface area (Å²) in [5, 5.41) is 0. The summed E-state index contributed by atoms with van der Waals surface area (Å²) < 4.78 is 27.8. The van der Waals surface area contributed by atoms with Gasteiger partial charge in [-0.25, -0.2) is 8.42 Å². The molecule has 0 aliphatic carbocycles. The van der Waals surface area contributed by atoms with Gasteiger partial charge in [0.2, 0.25) is 0 Å². The number of para-hydroxylation sites is 1. The molecule has 0 unspecified atom stereocenters. The summed E-state index contributed by atoms with van der Waals surface area (Å²) in [7, 11) is -2.38. The van der Waals surface area contributed by atoms with E-state index in [9.17, 15) is 13.2 Å². The van der Waals surface area contributed by atoms with Crippen molar-refractivity contribution in [2.24, 2.45) is 0 Å². The van der Waals surface area contributed by atoms with E-state index in [-0.39, 0.29) is 16.4 Å². The molecule has 0 spiro atoms. The number of benzene rings is 3. The van der Waals surface area contributed by atoms with Gasteiger partial charge in [-0.3, -0.25) is 9.10 Å². The van der Waals surface area contributed by atoms with Gasteiger partial charge in [-0.05, 0) is 41.8 Å². The minimum Gasteiger partial charge on any atom is -0.334 e. The zero-order valence-corrected chi connectivity index (χ0v) is 17.0. The molecule has 148 valence electrons. The molecule has 1 heterocycles. The van der Waals surface area contributed by atoms with Crippen LogP contribution < -0.4 is 4.31 Å². The predicted octanol–water partition coefficient (Wildman–Crippen LogP) is 3.71. The lowest BCUT2D eigenvalue weighted by molar-refractivity contribution is 0.0731. The number of rotatable bonds is 4. The Morgan fingerprint density at radius 1 is 0.862 bits per heavy atom. The molecule has 1 aliphatic heterocycles. The van der Waals surface area contributed by atoms with E-state index < -0.39 is 10.0 Å². The van der Waals surface area contributed by atoms with Crippen LogP contribution in [0.25, 0.3) is 0 Å². The van der Waals surface area contributed by atoms with Crippen LogP contribution in [0.15, 0.2) is 83.8 Å². The van der Waals surface area contributed by atoms with E-state index in [0.717, 1.165) is 12.0 Å². The Hall–Kier alpha value is -3.12. The highest BCUT2D eigenvalue weighted by Crippen LogP contribution is 2.27. The fraction of sp³-hybridized carbons (Fsp3) is 0.174. The third kappa shape index (κ3) is 3.63. The highest BCUT2D eigenvalue weighted by molar-refractivity contribution is 7.92. The van der Waals surface area contributed by atoms with Gasteiger partial charge in [-0.1, -0.05) is 54.6 Å². The van der Waals surface area contributed by atoms with Crippen LogP contribution in [0, 0.1) is 0 Å². The van der Waals surface area contributed by atoms with Gasteiger partial charge in [-0.2, -0.15) is 0 Å². The number of carbonyl (C=O) groups excluding carboxylic acids is 1. The summed E-state index contributed by atoms with van der Waals surface area (Å²) in [6.07, 6.45) is 0.765. The van der Waals surface area contributed by atoms with Crippen molar-refractivity contribution < 1.29 is 13.2 Å². The highest BCUT2D eigenvalue weighted by atomic mass is 32.2. The average Bonchev–Trinajstić information content (AvgIpc) is 2.78. The van der Waals surface area contributed by atoms with Gasteiger partial charge in [0, 0.05) is 20.1 Å². The molecule has 0 aromatic heterocycles. The van der Waals surface area contributed by atoms with E-state index in [1.165, 1.54) is 23.0 Å². The van der Waals surface area contributed by atoms with Crippen LogP contribution in [0.5, 0.6) is 0 Å². The van der Waals surface area contributed by atoms with Gasteiger partial charge in [-0.15, -0.1) is 0 Å². The molecule has 0 N–H and O–H groups in total. The van der Waals surface area contributed by atoms with Crippen molar-refractivity contribution in [3.63, 3.8) is 0 Å². The van der Waals surface area contributed by atoms with Gasteiger partial charge in [0.25, 0.3) is 15.9 Å². The number of hydrogen-bond acceptors (Lipinski definition) is 3. The van der Waals surface area contributed by atoms with Crippen molar-refractivity contribution >= 4 is 21.6 Å². The van der Waals surface area contributed by atoms with Crippen molar-refractivity contribution in [1.29, 1.82) is 0 Å². The zero-order chi connectivity index (χ0) is 20.4. The number of carbonyl (C=O) groups is 1. The molecule has 3 aromatic carbocycles. The lowest BCUT2D eigenvalue weighted by Crippen LogP contribution is -2.37. The molecule has 0 saturated heterocycles. The molecule has 0 fully saturated rings. The Morgan fingerprint density at radius 3 is 2.24 bits per heavy atom. The van der Waals surface area contributed by atoms with Crippen LogP contribution in [0.3, 0.4) is 0 Å². The summed E-state index contributed by atoms with van der Waals surface area (Å²) in [6.45, 7) is 1.05. The molecule has 0 bridgehead atoms. The summed E-state index contributed by atoms with van der Waals surface area (Å²) in [5.74, 6) is -0.264. The fourth-order valence-corrected chi connectivity index (χ4v) is 5.01. The first-order valence-corrected chi connectivity index (χ1v) is 10.9. The van der Waals surface area contributed by atoms with E-state index >= 15 is 0 Å². The monoisotopic (exact) mass is 406 g/mol. The Kier molecular flexibility index (Phi) is 5.11. The van der Waals surface area contributed by atoms with E-state index in [4.69, 9.17) is 0 Å². The zero-order valence-electron chi connectivity index (χ0n) is 16.2. The maximum atomic E-state index is 13.3. The maximum Gasteiger partial charge on any atom is 0.264 e. The van der Waals surface area contributed by atoms with Crippen molar-refractivity contribution in [3.05, 3.63) is 95.6 Å². The van der Waals surface area contributed by atoms with Gasteiger partial charge in [0.1, 0.15) is 4.90 Å². The molecule has 5 nitrogen and oxygen atoms in total. The van der Waals surface area contributed by atoms with Crippen molar-refractivity contribution in [2.75, 3.05) is 17.9 Å². The predicted molar refractivity (Wildman–Crippen MR) is 113 cm³/mol. The number of fused-ring (bicyclic) bond motifs is 1. The third-order valence-electron chi connectivity index (χ3n) is 5.29. The molecule has 6 heteroatoms. The minimum absolute atomic E-state index is 0.0233. The number of nitrogens with zero attached hydrogens (tertiary/aromatic N) is 2. The second-order valence-corrected chi connectivity index (χ2v) is 8.99. The maximum absolute atomic E-state index is 13.3. The van der Waals surface area contributed by atoms with E-state index in [1.54, 1.807) is 47.4 Å². The van der Waals surface area contributed by atoms with Crippen molar-refractivity contribution in [3.8, 4) is 0 Å². The number of anilines is 1. The summed E-state index contributed by atoms with van der Waals surface area (Å²) in [6, 6.07) is 23.3. The van der Waals surface area contributed by atoms with Crippen molar-refractivity contribution in [2.45, 2.75) is 17.9 Å². The lowest BCUT2D eigenvalue weighted by Gasteiger charge is -2.30. The van der Waals surface area contributed by atoms with E-state index in [2.05, 4.69) is 6.07 Å². The Labute approximate surface area is 171 Å². The summed E-state index contributed by atoms with van der Waals surface area (Å²) >= 11 is 0. The second-order valence-electron chi connectivity index (χ2n) is 7.05. The van der Waals surface area contributed by atoms with Crippen LogP contribution in [-0.2, 0) is 23.0 Å². The highest BCUT2D eigenvalue weighted by Gasteiger charge is 2.30. The fourth-order valence-electron chi connectivity index (χ4n) is 3.63. The molecule has 4 rings (SSSR count). The van der Waals surface area contributed by atoms with Gasteiger partial charge >= 0.3 is 0 Å². The molecule has 1 aliphatic rings. The molecule has 29 heavy (non-hydrogen) atoms. The first-order chi connectivity index (χ1) is 14.0. The SMILES string of the molecule is CN(c1ccccc1)S(=O)(=O)c1ccccc1C(=O)N1CCc2ccccc2C1. The standard InChI is InChI=1S/C23H22N2O3S/c1-24(20-11-3-2-4-12-20)29(27,28)22-14-8-7-13-21(22)23(26)25-16-15-18-9-5-6-10-19(18)17-25/h2-14H,15-17H2,1H3. The topological polar surface area (TPSA) is 57.7 Å². The van der Waals surface area contributed by atoms with Crippen LogP contribution >= 0.6 is 0 Å². The van der Waals surface area contributed by atoms with Crippen LogP contribution in [0.2, 0.25) is 0 Å². The Bertz CT molecular complexity index is 1140. The third-order valence-corrected chi connectivity index (χ3v) is 7.14. The summed E-state index contributed by atoms with van der Waals surface area (Å²) in [5.41, 5.74) is 3.09. The average molecular weight is 407 g/mol. The molecule has 0 atom stereocenters. The van der Waals surface area contributed by atoms with Crippen molar-refractivity contribution in [1.82, 2.24) is 4.90 Å². The van der Waals surface area contributed by atoms with Gasteiger partial charge in [0.15, 0.2) is 0 Å². The van der Waals surface area contributed by atoms with E-state index in [1.807, 2.05) is 24.3 Å². The molecule has 0 saturated carbocycles. The minimum atomic E-state index is -3.88. The van der Waals surface area contributed by atoms with Gasteiger partial charge in [0.05, 0.1) is 11.3 Å². The smallest absolute Gasteiger partial charge is 0.264 e. The molecular weight excluding hydrogens is 384 g/mol. The summed E-state index contributed by atoms with van der Waals surface area (Å²) in [4.78, 5) is 15.0. The first kappa shape index (κ1) is 19.2. The molecule has 0 radical (unpaired) electrons. The van der Waals surface area contributed by atoms with Crippen LogP contribution in [0.4, 0.5) is 5.69 Å². The Morgan fingerprint density at radius 2 is 1.48 bits per heavy atom. The number of sulfonamides is 1. The number of hydrogen-bond donors (Lipinski definition) is 0. The van der Waals surface area contributed by atoms with Gasteiger partial charge < -0.3 is 4.90 Å². The second kappa shape index (κ2) is 7.72. The molecule has 3 aromatic rings. The number of amides is 1. The quantitative estimate of drug-likeness (QED) is 0.664. The molecule has 1 amide bonds. The molecular formula is C23H22N2O3S. The van der Waals surface area contributed by atoms with Crippen LogP contribution in [-0.4, -0.2) is 32.8 Å². The first-order valence-electron chi connectivity index (χ1n) is 9.47. The lowest BCUT2D eigenvalue weighted by atomic mass is 9.99. The normalized spacial score (nSPS) is 13.6. The van der Waals surface area contributed by atoms with E-state index in [0.29, 0.717) is 18.8 Å². The largest absolute Gasteiger partial charge is 0.334 e.